The van der Waals surface area contributed by atoms with Gasteiger partial charge in [-0.15, -0.1) is 0 Å². The van der Waals surface area contributed by atoms with E-state index in [4.69, 9.17) is 5.73 Å². The Morgan fingerprint density at radius 1 is 1.25 bits per heavy atom. The molecule has 5 nitrogen and oxygen atoms in total. The van der Waals surface area contributed by atoms with Crippen molar-refractivity contribution in [2.24, 2.45) is 5.73 Å². The van der Waals surface area contributed by atoms with Crippen molar-refractivity contribution in [3.05, 3.63) is 35.9 Å². The first-order chi connectivity index (χ1) is 9.63. The first kappa shape index (κ1) is 14.5. The maximum atomic E-state index is 12.5. The SMILES string of the molecule is CN1C(=O)CN(CCCN)C(=O)[C@@H]1Cc1ccccc1. The van der Waals surface area contributed by atoms with Crippen LogP contribution in [0.5, 0.6) is 0 Å². The molecule has 0 aliphatic carbocycles. The average Bonchev–Trinajstić information content (AvgIpc) is 2.47. The van der Waals surface area contributed by atoms with E-state index in [0.29, 0.717) is 19.5 Å². The molecule has 2 N–H and O–H groups in total. The Morgan fingerprint density at radius 3 is 2.60 bits per heavy atom. The van der Waals surface area contributed by atoms with Gasteiger partial charge in [0.15, 0.2) is 0 Å². The lowest BCUT2D eigenvalue weighted by Gasteiger charge is -2.38. The van der Waals surface area contributed by atoms with Crippen molar-refractivity contribution in [3.8, 4) is 0 Å². The number of rotatable bonds is 5. The zero-order chi connectivity index (χ0) is 14.5. The van der Waals surface area contributed by atoms with Gasteiger partial charge in [0, 0.05) is 20.0 Å². The summed E-state index contributed by atoms with van der Waals surface area (Å²) in [4.78, 5) is 27.7. The first-order valence-electron chi connectivity index (χ1n) is 6.92. The third kappa shape index (κ3) is 3.17. The van der Waals surface area contributed by atoms with Gasteiger partial charge in [-0.1, -0.05) is 30.3 Å². The monoisotopic (exact) mass is 275 g/mol. The van der Waals surface area contributed by atoms with Gasteiger partial charge in [0.05, 0.1) is 6.54 Å². The fourth-order valence-electron chi connectivity index (χ4n) is 2.44. The largest absolute Gasteiger partial charge is 0.332 e. The second kappa shape index (κ2) is 6.52. The summed E-state index contributed by atoms with van der Waals surface area (Å²) in [6.45, 7) is 1.25. The highest BCUT2D eigenvalue weighted by molar-refractivity contribution is 5.94. The molecule has 1 aromatic rings. The normalized spacial score (nSPS) is 19.6. The zero-order valence-electron chi connectivity index (χ0n) is 11.8. The summed E-state index contributed by atoms with van der Waals surface area (Å²) >= 11 is 0. The molecular formula is C15H21N3O2. The number of carbonyl (C=O) groups is 2. The van der Waals surface area contributed by atoms with Crippen LogP contribution >= 0.6 is 0 Å². The Balaban J connectivity index is 2.11. The molecule has 1 aromatic carbocycles. The van der Waals surface area contributed by atoms with Crippen molar-refractivity contribution in [1.82, 2.24) is 9.80 Å². The fraction of sp³-hybridized carbons (Fsp3) is 0.467. The lowest BCUT2D eigenvalue weighted by atomic mass is 10.0. The second-order valence-corrected chi connectivity index (χ2v) is 5.11. The maximum absolute atomic E-state index is 12.5. The molecule has 1 fully saturated rings. The Labute approximate surface area is 119 Å². The summed E-state index contributed by atoms with van der Waals surface area (Å²) in [5.41, 5.74) is 6.54. The molecule has 0 bridgehead atoms. The maximum Gasteiger partial charge on any atom is 0.246 e. The molecule has 0 aromatic heterocycles. The molecule has 0 spiro atoms. The molecule has 1 atom stereocenters. The van der Waals surface area contributed by atoms with Gasteiger partial charge in [0.1, 0.15) is 6.04 Å². The summed E-state index contributed by atoms with van der Waals surface area (Å²) < 4.78 is 0. The van der Waals surface area contributed by atoms with Crippen LogP contribution in [0, 0.1) is 0 Å². The summed E-state index contributed by atoms with van der Waals surface area (Å²) in [6, 6.07) is 9.37. The van der Waals surface area contributed by atoms with Crippen LogP contribution in [0.4, 0.5) is 0 Å². The van der Waals surface area contributed by atoms with Crippen LogP contribution in [0.3, 0.4) is 0 Å². The van der Waals surface area contributed by atoms with E-state index >= 15 is 0 Å². The minimum Gasteiger partial charge on any atom is -0.332 e. The Kier molecular flexibility index (Phi) is 4.74. The van der Waals surface area contributed by atoms with Gasteiger partial charge in [-0.25, -0.2) is 0 Å². The average molecular weight is 275 g/mol. The molecular weight excluding hydrogens is 254 g/mol. The zero-order valence-corrected chi connectivity index (χ0v) is 11.8. The second-order valence-electron chi connectivity index (χ2n) is 5.11. The summed E-state index contributed by atoms with van der Waals surface area (Å²) in [6.07, 6.45) is 1.28. The van der Waals surface area contributed by atoms with Crippen LogP contribution in [-0.4, -0.2) is 54.3 Å². The van der Waals surface area contributed by atoms with Gasteiger partial charge in [0.2, 0.25) is 11.8 Å². The Morgan fingerprint density at radius 2 is 1.95 bits per heavy atom. The molecule has 108 valence electrons. The van der Waals surface area contributed by atoms with Crippen LogP contribution in [0.25, 0.3) is 0 Å². The van der Waals surface area contributed by atoms with E-state index in [1.165, 1.54) is 0 Å². The van der Waals surface area contributed by atoms with Gasteiger partial charge in [0.25, 0.3) is 0 Å². The van der Waals surface area contributed by atoms with Gasteiger partial charge < -0.3 is 15.5 Å². The summed E-state index contributed by atoms with van der Waals surface area (Å²) in [5, 5.41) is 0. The van der Waals surface area contributed by atoms with Crippen molar-refractivity contribution in [2.75, 3.05) is 26.7 Å². The van der Waals surface area contributed by atoms with E-state index in [2.05, 4.69) is 0 Å². The van der Waals surface area contributed by atoms with Crippen molar-refractivity contribution in [3.63, 3.8) is 0 Å². The minimum absolute atomic E-state index is 0.0115. The highest BCUT2D eigenvalue weighted by Gasteiger charge is 2.36. The predicted octanol–water partition coefficient (Wildman–Crippen LogP) is 0.247. The van der Waals surface area contributed by atoms with Gasteiger partial charge in [-0.2, -0.15) is 0 Å². The fourth-order valence-corrected chi connectivity index (χ4v) is 2.44. The molecule has 1 saturated heterocycles. The topological polar surface area (TPSA) is 66.6 Å². The Hall–Kier alpha value is -1.88. The van der Waals surface area contributed by atoms with E-state index < -0.39 is 6.04 Å². The van der Waals surface area contributed by atoms with Crippen molar-refractivity contribution in [2.45, 2.75) is 18.9 Å². The van der Waals surface area contributed by atoms with E-state index in [-0.39, 0.29) is 18.4 Å². The molecule has 1 heterocycles. The van der Waals surface area contributed by atoms with E-state index in [9.17, 15) is 9.59 Å². The molecule has 1 aliphatic rings. The van der Waals surface area contributed by atoms with Crippen LogP contribution in [0.2, 0.25) is 0 Å². The molecule has 0 saturated carbocycles. The van der Waals surface area contributed by atoms with Crippen molar-refractivity contribution in [1.29, 1.82) is 0 Å². The first-order valence-corrected chi connectivity index (χ1v) is 6.92. The van der Waals surface area contributed by atoms with Gasteiger partial charge in [-0.05, 0) is 18.5 Å². The molecule has 0 radical (unpaired) electrons. The third-order valence-corrected chi connectivity index (χ3v) is 3.69. The smallest absolute Gasteiger partial charge is 0.246 e. The number of carbonyl (C=O) groups excluding carboxylic acids is 2. The van der Waals surface area contributed by atoms with E-state index in [1.807, 2.05) is 30.3 Å². The number of nitrogens with zero attached hydrogens (tertiary/aromatic N) is 2. The van der Waals surface area contributed by atoms with Crippen molar-refractivity contribution < 1.29 is 9.59 Å². The molecule has 5 heteroatoms. The standard InChI is InChI=1S/C15H21N3O2/c1-17-13(10-12-6-3-2-4-7-12)15(20)18(9-5-8-16)11-14(17)19/h2-4,6-7,13H,5,8-11,16H2,1H3/t13-/m0/s1. The number of likely N-dealkylation sites (N-methyl/N-ethyl adjacent to an activating group) is 1. The quantitative estimate of drug-likeness (QED) is 0.837. The van der Waals surface area contributed by atoms with Crippen molar-refractivity contribution >= 4 is 11.8 Å². The predicted molar refractivity (Wildman–Crippen MR) is 77.0 cm³/mol. The number of amides is 2. The van der Waals surface area contributed by atoms with E-state index in [0.717, 1.165) is 12.0 Å². The number of nitrogens with two attached hydrogens (primary N) is 1. The van der Waals surface area contributed by atoms with Gasteiger partial charge in [-0.3, -0.25) is 9.59 Å². The van der Waals surface area contributed by atoms with Crippen LogP contribution < -0.4 is 5.73 Å². The molecule has 1 aliphatic heterocycles. The highest BCUT2D eigenvalue weighted by atomic mass is 16.2. The molecule has 2 amide bonds. The van der Waals surface area contributed by atoms with Crippen LogP contribution in [-0.2, 0) is 16.0 Å². The lowest BCUT2D eigenvalue weighted by Crippen LogP contribution is -2.59. The van der Waals surface area contributed by atoms with Crippen LogP contribution in [0.1, 0.15) is 12.0 Å². The van der Waals surface area contributed by atoms with E-state index in [1.54, 1.807) is 16.8 Å². The minimum atomic E-state index is -0.406. The number of benzene rings is 1. The third-order valence-electron chi connectivity index (χ3n) is 3.69. The van der Waals surface area contributed by atoms with Gasteiger partial charge >= 0.3 is 0 Å². The molecule has 0 unspecified atom stereocenters. The molecule has 20 heavy (non-hydrogen) atoms. The number of hydrogen-bond donors (Lipinski definition) is 1. The summed E-state index contributed by atoms with van der Waals surface area (Å²) in [7, 11) is 1.70. The number of piperazine rings is 1. The van der Waals surface area contributed by atoms with Crippen LogP contribution in [0.15, 0.2) is 30.3 Å². The lowest BCUT2D eigenvalue weighted by molar-refractivity contribution is -0.154. The highest BCUT2D eigenvalue weighted by Crippen LogP contribution is 2.16. The molecule has 2 rings (SSSR count). The summed E-state index contributed by atoms with van der Waals surface area (Å²) in [5.74, 6) is 0.00644. The Bertz CT molecular complexity index is 475. The number of hydrogen-bond acceptors (Lipinski definition) is 3.